The third kappa shape index (κ3) is 8.53. The minimum atomic E-state index is -3.62. The molecule has 1 aromatic carbocycles. The number of fused-ring (bicyclic) bond motifs is 1. The van der Waals surface area contributed by atoms with E-state index in [0.29, 0.717) is 18.2 Å². The first-order valence-corrected chi connectivity index (χ1v) is 16.8. The average Bonchev–Trinajstić information content (AvgIpc) is 3.54. The van der Waals surface area contributed by atoms with Gasteiger partial charge in [-0.3, -0.25) is 4.79 Å². The van der Waals surface area contributed by atoms with Crippen LogP contribution < -0.4 is 14.8 Å². The maximum Gasteiger partial charge on any atom is 0.408 e. The third-order valence-corrected chi connectivity index (χ3v) is 9.18. The predicted molar refractivity (Wildman–Crippen MR) is 184 cm³/mol. The van der Waals surface area contributed by atoms with E-state index in [-0.39, 0.29) is 23.5 Å². The van der Waals surface area contributed by atoms with Crippen LogP contribution in [0.15, 0.2) is 43.5 Å². The lowest BCUT2D eigenvalue weighted by atomic mass is 9.85. The molecule has 1 saturated heterocycles. The fourth-order valence-corrected chi connectivity index (χ4v) is 6.18. The molecule has 1 N–H and O–H groups in total. The molecule has 1 saturated carbocycles. The molecule has 0 bridgehead atoms. The van der Waals surface area contributed by atoms with Gasteiger partial charge >= 0.3 is 18.0 Å². The zero-order chi connectivity index (χ0) is 37.4. The highest BCUT2D eigenvalue weighted by Crippen LogP contribution is 2.49. The summed E-state index contributed by atoms with van der Waals surface area (Å²) in [5.41, 5.74) is -2.75. The predicted octanol–water partition coefficient (Wildman–Crippen LogP) is 6.74. The van der Waals surface area contributed by atoms with Gasteiger partial charge in [-0.25, -0.2) is 19.6 Å². The quantitative estimate of drug-likeness (QED) is 0.189. The van der Waals surface area contributed by atoms with Gasteiger partial charge in [-0.05, 0) is 70.6 Å². The molecule has 11 nitrogen and oxygen atoms in total. The molecule has 2 unspecified atom stereocenters. The highest BCUT2D eigenvalue weighted by molar-refractivity contribution is 5.91. The van der Waals surface area contributed by atoms with Gasteiger partial charge in [0, 0.05) is 17.9 Å². The van der Waals surface area contributed by atoms with Crippen LogP contribution in [-0.4, -0.2) is 75.9 Å². The smallest absolute Gasteiger partial charge is 0.408 e. The topological polar surface area (TPSA) is 129 Å². The first kappa shape index (κ1) is 38.5. The first-order chi connectivity index (χ1) is 23.1. The number of halogens is 2. The van der Waals surface area contributed by atoms with Gasteiger partial charge in [-0.2, -0.15) is 8.78 Å². The average molecular weight is 701 g/mol. The molecule has 1 aliphatic heterocycles. The van der Waals surface area contributed by atoms with Gasteiger partial charge in [0.05, 0.1) is 24.7 Å². The molecule has 0 spiro atoms. The van der Waals surface area contributed by atoms with Crippen molar-refractivity contribution in [1.82, 2.24) is 20.2 Å². The minimum absolute atomic E-state index is 0.177. The molecule has 2 fully saturated rings. The van der Waals surface area contributed by atoms with E-state index < -0.39 is 76.2 Å². The number of carbonyl (C=O) groups excluding carboxylic acids is 3. The van der Waals surface area contributed by atoms with Crippen LogP contribution >= 0.6 is 0 Å². The maximum absolute atomic E-state index is 15.2. The largest absolute Gasteiger partial charge is 0.497 e. The van der Waals surface area contributed by atoms with Crippen LogP contribution in [0.1, 0.15) is 80.3 Å². The van der Waals surface area contributed by atoms with E-state index in [9.17, 15) is 14.4 Å². The van der Waals surface area contributed by atoms with Crippen molar-refractivity contribution >= 4 is 29.0 Å². The van der Waals surface area contributed by atoms with Crippen molar-refractivity contribution in [2.45, 2.75) is 110 Å². The number of likely N-dealkylation sites (tertiary alicyclic amines) is 1. The molecule has 13 heteroatoms. The van der Waals surface area contributed by atoms with Crippen molar-refractivity contribution in [2.24, 2.45) is 17.3 Å². The molecule has 50 heavy (non-hydrogen) atoms. The van der Waals surface area contributed by atoms with Crippen molar-refractivity contribution in [3.05, 3.63) is 49.2 Å². The van der Waals surface area contributed by atoms with Crippen molar-refractivity contribution in [1.29, 1.82) is 0 Å². The van der Waals surface area contributed by atoms with Crippen LogP contribution in [0, 0.1) is 17.3 Å². The lowest BCUT2D eigenvalue weighted by molar-refractivity contribution is -0.165. The second-order valence-electron chi connectivity index (χ2n) is 15.5. The fraction of sp³-hybridized carbons (Fsp3) is 0.595. The summed E-state index contributed by atoms with van der Waals surface area (Å²) >= 11 is 0. The lowest BCUT2D eigenvalue weighted by Gasteiger charge is -2.36. The fourth-order valence-electron chi connectivity index (χ4n) is 6.18. The molecule has 1 aliphatic carbocycles. The van der Waals surface area contributed by atoms with Gasteiger partial charge in [0.2, 0.25) is 11.8 Å². The number of hydrogen-bond donors (Lipinski definition) is 1. The van der Waals surface area contributed by atoms with Crippen molar-refractivity contribution in [3.63, 3.8) is 0 Å². The number of methoxy groups -OCH3 is 1. The molecule has 1 aromatic heterocycles. The second-order valence-corrected chi connectivity index (χ2v) is 15.5. The second kappa shape index (κ2) is 14.1. The summed E-state index contributed by atoms with van der Waals surface area (Å²) in [6.07, 6.45) is 2.82. The Morgan fingerprint density at radius 1 is 1.12 bits per heavy atom. The van der Waals surface area contributed by atoms with Crippen LogP contribution in [0.5, 0.6) is 11.6 Å². The Kier molecular flexibility index (Phi) is 10.9. The number of carbonyl (C=O) groups is 3. The molecule has 2 heterocycles. The molecule has 6 atom stereocenters. The maximum atomic E-state index is 15.2. The van der Waals surface area contributed by atoms with Crippen LogP contribution in [0.4, 0.5) is 13.6 Å². The van der Waals surface area contributed by atoms with E-state index in [2.05, 4.69) is 28.4 Å². The van der Waals surface area contributed by atoms with E-state index in [1.165, 1.54) is 24.1 Å². The zero-order valence-electron chi connectivity index (χ0n) is 30.5. The summed E-state index contributed by atoms with van der Waals surface area (Å²) in [7, 11) is 1.46. The number of alkyl halides is 2. The van der Waals surface area contributed by atoms with Crippen LogP contribution in [0.2, 0.25) is 0 Å². The first-order valence-electron chi connectivity index (χ1n) is 16.8. The van der Waals surface area contributed by atoms with Gasteiger partial charge < -0.3 is 29.2 Å². The molecule has 274 valence electrons. The Labute approximate surface area is 292 Å². The monoisotopic (exact) mass is 700 g/mol. The summed E-state index contributed by atoms with van der Waals surface area (Å²) in [4.78, 5) is 51.3. The van der Waals surface area contributed by atoms with Gasteiger partial charge in [-0.1, -0.05) is 40.3 Å². The Morgan fingerprint density at radius 2 is 1.80 bits per heavy atom. The molecule has 0 radical (unpaired) electrons. The summed E-state index contributed by atoms with van der Waals surface area (Å²) in [6.45, 7) is 20.8. The van der Waals surface area contributed by atoms with Crippen molar-refractivity contribution < 1.29 is 42.1 Å². The number of hydrogen-bond acceptors (Lipinski definition) is 9. The number of ether oxygens (including phenoxy) is 4. The van der Waals surface area contributed by atoms with Crippen molar-refractivity contribution in [3.8, 4) is 11.6 Å². The number of allylic oxidation sites excluding steroid dienone is 2. The molecule has 2 aromatic rings. The van der Waals surface area contributed by atoms with E-state index in [0.717, 1.165) is 12.8 Å². The van der Waals surface area contributed by atoms with E-state index in [1.807, 2.05) is 13.0 Å². The Morgan fingerprint density at radius 3 is 2.38 bits per heavy atom. The van der Waals surface area contributed by atoms with Crippen molar-refractivity contribution in [2.75, 3.05) is 13.7 Å². The zero-order valence-corrected chi connectivity index (χ0v) is 30.5. The Bertz CT molecular complexity index is 1640. The number of esters is 1. The number of nitrogens with zero attached hydrogens (tertiary/aromatic N) is 3. The summed E-state index contributed by atoms with van der Waals surface area (Å²) in [5.74, 6) is -5.55. The third-order valence-electron chi connectivity index (χ3n) is 9.18. The van der Waals surface area contributed by atoms with Gasteiger partial charge in [0.15, 0.2) is 5.69 Å². The van der Waals surface area contributed by atoms with E-state index in [1.54, 1.807) is 54.5 Å². The van der Waals surface area contributed by atoms with Gasteiger partial charge in [-0.15, -0.1) is 6.58 Å². The van der Waals surface area contributed by atoms with Gasteiger partial charge in [0.25, 0.3) is 0 Å². The molecular formula is C37H50F2N4O7. The van der Waals surface area contributed by atoms with Crippen LogP contribution in [0.3, 0.4) is 0 Å². The number of aromatic nitrogens is 2. The highest BCUT2D eigenvalue weighted by atomic mass is 19.3. The summed E-state index contributed by atoms with van der Waals surface area (Å²) in [6, 6.07) is 2.29. The molecular weight excluding hydrogens is 650 g/mol. The number of nitrogens with one attached hydrogen (secondary N) is 1. The SMILES string of the molecule is C=CCCC1CC1(C)OC(=O)N[C@H](C(=O)N1C[C@H](Oc2nc3cc(OC)ccc3nc2C(F)(F)C=C)[C@@H](C)[C@H]1C(=O)OC(C)(C)C)C(C)(C)C. The van der Waals surface area contributed by atoms with Gasteiger partial charge in [0.1, 0.15) is 35.1 Å². The van der Waals surface area contributed by atoms with Crippen LogP contribution in [-0.2, 0) is 25.0 Å². The normalized spacial score (nSPS) is 24.3. The highest BCUT2D eigenvalue weighted by Gasteiger charge is 2.55. The standard InChI is InChI=1S/C37H50F2N4O7/c1-12-14-15-22-19-36(22,10)50-33(46)42-29(34(4,5)6)31(44)43-20-26(21(3)27(43)32(45)49-35(7,8)9)48-30-28(37(38,39)13-2)40-24-17-16-23(47-11)18-25(24)41-30/h12-13,16-18,21-22,26-27,29H,1-2,14-15,19-20H2,3-11H3,(H,42,46)/t21-,22?,26+,27+,29-,36?/m1/s1. The number of alkyl carbamates (subject to hydrolysis) is 1. The van der Waals surface area contributed by atoms with E-state index >= 15 is 8.78 Å². The number of amides is 2. The summed E-state index contributed by atoms with van der Waals surface area (Å²) in [5, 5.41) is 2.75. The molecule has 2 amide bonds. The molecule has 2 aliphatic rings. The Balaban J connectivity index is 1.69. The minimum Gasteiger partial charge on any atom is -0.497 e. The number of benzene rings is 1. The summed E-state index contributed by atoms with van der Waals surface area (Å²) < 4.78 is 53.4. The lowest BCUT2D eigenvalue weighted by Crippen LogP contribution is -2.58. The Hall–Kier alpha value is -4.29. The molecule has 4 rings (SSSR count). The van der Waals surface area contributed by atoms with E-state index in [4.69, 9.17) is 18.9 Å². The number of rotatable bonds is 12. The van der Waals surface area contributed by atoms with Crippen LogP contribution in [0.25, 0.3) is 11.0 Å².